The van der Waals surface area contributed by atoms with Crippen LogP contribution in [0.25, 0.3) is 0 Å². The lowest BCUT2D eigenvalue weighted by Crippen LogP contribution is -2.44. The maximum atomic E-state index is 12.0. The largest absolute Gasteiger partial charge is 0.355 e. The second kappa shape index (κ2) is 5.95. The van der Waals surface area contributed by atoms with Crippen molar-refractivity contribution in [3.63, 3.8) is 0 Å². The number of nitrogens with zero attached hydrogens (tertiary/aromatic N) is 3. The summed E-state index contributed by atoms with van der Waals surface area (Å²) in [5.74, 6) is 0.950. The van der Waals surface area contributed by atoms with Crippen LogP contribution in [0.1, 0.15) is 31.5 Å². The molecule has 0 aliphatic heterocycles. The number of hydrogen-bond acceptors (Lipinski definition) is 4. The van der Waals surface area contributed by atoms with Gasteiger partial charge in [0.05, 0.1) is 5.92 Å². The fourth-order valence-corrected chi connectivity index (χ4v) is 2.45. The Bertz CT molecular complexity index is 403. The van der Waals surface area contributed by atoms with Gasteiger partial charge in [-0.05, 0) is 12.8 Å². The molecule has 6 heteroatoms. The number of rotatable bonds is 4. The van der Waals surface area contributed by atoms with E-state index in [1.807, 2.05) is 11.6 Å². The molecule has 1 aliphatic rings. The van der Waals surface area contributed by atoms with Gasteiger partial charge in [0.1, 0.15) is 12.2 Å². The van der Waals surface area contributed by atoms with E-state index in [9.17, 15) is 4.79 Å². The van der Waals surface area contributed by atoms with Gasteiger partial charge in [-0.2, -0.15) is 0 Å². The van der Waals surface area contributed by atoms with E-state index in [1.165, 1.54) is 0 Å². The number of nitrogens with one attached hydrogen (secondary N) is 1. The molecule has 2 atom stereocenters. The normalized spacial score (nSPS) is 23.9. The zero-order chi connectivity index (χ0) is 13.0. The second-order valence-corrected chi connectivity index (χ2v) is 4.95. The van der Waals surface area contributed by atoms with E-state index in [2.05, 4.69) is 15.5 Å². The van der Waals surface area contributed by atoms with Crippen molar-refractivity contribution < 1.29 is 4.79 Å². The monoisotopic (exact) mass is 251 g/mol. The molecule has 0 radical (unpaired) electrons. The van der Waals surface area contributed by atoms with Gasteiger partial charge in [0.2, 0.25) is 5.91 Å². The SMILES string of the molecule is Cn1cnnc1CCNC(=O)C1CCCCC1N. The molecule has 0 saturated heterocycles. The standard InChI is InChI=1S/C12H21N5O/c1-17-8-15-16-11(17)6-7-14-12(18)9-4-2-3-5-10(9)13/h8-10H,2-7,13H2,1H3,(H,14,18). The van der Waals surface area contributed by atoms with Gasteiger partial charge >= 0.3 is 0 Å². The molecule has 1 aromatic heterocycles. The van der Waals surface area contributed by atoms with E-state index >= 15 is 0 Å². The first kappa shape index (κ1) is 13.0. The average molecular weight is 251 g/mol. The van der Waals surface area contributed by atoms with Gasteiger partial charge in [0.25, 0.3) is 0 Å². The summed E-state index contributed by atoms with van der Waals surface area (Å²) in [7, 11) is 1.90. The number of carbonyl (C=O) groups excluding carboxylic acids is 1. The Labute approximate surface area is 107 Å². The maximum absolute atomic E-state index is 12.0. The van der Waals surface area contributed by atoms with Crippen molar-refractivity contribution in [1.29, 1.82) is 0 Å². The van der Waals surface area contributed by atoms with Crippen LogP contribution in [0.5, 0.6) is 0 Å². The summed E-state index contributed by atoms with van der Waals surface area (Å²) in [5, 5.41) is 10.7. The summed E-state index contributed by atoms with van der Waals surface area (Å²) >= 11 is 0. The van der Waals surface area contributed by atoms with E-state index in [1.54, 1.807) is 6.33 Å². The molecule has 1 saturated carbocycles. The Kier molecular flexibility index (Phi) is 4.30. The van der Waals surface area contributed by atoms with Gasteiger partial charge in [0, 0.05) is 26.1 Å². The summed E-state index contributed by atoms with van der Waals surface area (Å²) in [4.78, 5) is 12.0. The number of amides is 1. The fourth-order valence-electron chi connectivity index (χ4n) is 2.45. The topological polar surface area (TPSA) is 85.8 Å². The highest BCUT2D eigenvalue weighted by molar-refractivity contribution is 5.79. The van der Waals surface area contributed by atoms with Crippen molar-refractivity contribution in [3.05, 3.63) is 12.2 Å². The van der Waals surface area contributed by atoms with E-state index in [0.29, 0.717) is 13.0 Å². The third-order valence-electron chi connectivity index (χ3n) is 3.61. The van der Waals surface area contributed by atoms with Crippen molar-refractivity contribution in [3.8, 4) is 0 Å². The molecule has 0 bridgehead atoms. The molecule has 0 spiro atoms. The zero-order valence-corrected chi connectivity index (χ0v) is 10.8. The first-order valence-electron chi connectivity index (χ1n) is 6.54. The summed E-state index contributed by atoms with van der Waals surface area (Å²) in [5.41, 5.74) is 5.98. The van der Waals surface area contributed by atoms with Gasteiger partial charge in [-0.25, -0.2) is 0 Å². The minimum atomic E-state index is -0.0155. The number of nitrogens with two attached hydrogens (primary N) is 1. The van der Waals surface area contributed by atoms with Crippen molar-refractivity contribution in [1.82, 2.24) is 20.1 Å². The van der Waals surface area contributed by atoms with Gasteiger partial charge < -0.3 is 15.6 Å². The minimum Gasteiger partial charge on any atom is -0.355 e. The van der Waals surface area contributed by atoms with Gasteiger partial charge in [-0.1, -0.05) is 12.8 Å². The summed E-state index contributed by atoms with van der Waals surface area (Å²) in [6.07, 6.45) is 6.48. The van der Waals surface area contributed by atoms with Crippen LogP contribution in [0.3, 0.4) is 0 Å². The third-order valence-corrected chi connectivity index (χ3v) is 3.61. The van der Waals surface area contributed by atoms with Gasteiger partial charge in [-0.15, -0.1) is 10.2 Å². The first-order valence-corrected chi connectivity index (χ1v) is 6.54. The molecule has 0 aromatic carbocycles. The molecule has 18 heavy (non-hydrogen) atoms. The lowest BCUT2D eigenvalue weighted by Gasteiger charge is -2.27. The fraction of sp³-hybridized carbons (Fsp3) is 0.750. The van der Waals surface area contributed by atoms with E-state index < -0.39 is 0 Å². The number of aromatic nitrogens is 3. The second-order valence-electron chi connectivity index (χ2n) is 4.95. The summed E-state index contributed by atoms with van der Waals surface area (Å²) in [6.45, 7) is 0.592. The minimum absolute atomic E-state index is 0.0155. The maximum Gasteiger partial charge on any atom is 0.224 e. The molecular formula is C12H21N5O. The Morgan fingerprint density at radius 3 is 3.00 bits per heavy atom. The van der Waals surface area contributed by atoms with Crippen molar-refractivity contribution >= 4 is 5.91 Å². The Hall–Kier alpha value is -1.43. The summed E-state index contributed by atoms with van der Waals surface area (Å²) < 4.78 is 1.86. The smallest absolute Gasteiger partial charge is 0.224 e. The predicted molar refractivity (Wildman–Crippen MR) is 67.7 cm³/mol. The number of hydrogen-bond donors (Lipinski definition) is 2. The molecule has 100 valence electrons. The number of carbonyl (C=O) groups is 1. The molecule has 1 heterocycles. The van der Waals surface area contributed by atoms with Gasteiger partial charge in [0.15, 0.2) is 0 Å². The highest BCUT2D eigenvalue weighted by atomic mass is 16.1. The summed E-state index contributed by atoms with van der Waals surface area (Å²) in [6, 6.07) is 0.0218. The van der Waals surface area contributed by atoms with Crippen LogP contribution >= 0.6 is 0 Å². The Morgan fingerprint density at radius 2 is 2.33 bits per heavy atom. The Balaban J connectivity index is 1.76. The van der Waals surface area contributed by atoms with Crippen LogP contribution in [0, 0.1) is 5.92 Å². The quantitative estimate of drug-likeness (QED) is 0.788. The lowest BCUT2D eigenvalue weighted by molar-refractivity contribution is -0.126. The van der Waals surface area contributed by atoms with E-state index in [0.717, 1.165) is 31.5 Å². The molecule has 1 fully saturated rings. The Morgan fingerprint density at radius 1 is 1.56 bits per heavy atom. The van der Waals surface area contributed by atoms with Crippen LogP contribution in [0.4, 0.5) is 0 Å². The van der Waals surface area contributed by atoms with Crippen LogP contribution in [0.15, 0.2) is 6.33 Å². The van der Waals surface area contributed by atoms with Crippen LogP contribution in [-0.2, 0) is 18.3 Å². The molecule has 1 amide bonds. The van der Waals surface area contributed by atoms with E-state index in [-0.39, 0.29) is 17.9 Å². The first-order chi connectivity index (χ1) is 8.68. The molecule has 1 aromatic rings. The van der Waals surface area contributed by atoms with E-state index in [4.69, 9.17) is 5.73 Å². The van der Waals surface area contributed by atoms with Crippen LogP contribution < -0.4 is 11.1 Å². The molecule has 6 nitrogen and oxygen atoms in total. The third kappa shape index (κ3) is 3.07. The van der Waals surface area contributed by atoms with Crippen LogP contribution in [-0.4, -0.2) is 33.3 Å². The van der Waals surface area contributed by atoms with Crippen molar-refractivity contribution in [2.45, 2.75) is 38.1 Å². The highest BCUT2D eigenvalue weighted by Gasteiger charge is 2.27. The predicted octanol–water partition coefficient (Wildman–Crippen LogP) is -0.00870. The molecular weight excluding hydrogens is 230 g/mol. The lowest BCUT2D eigenvalue weighted by atomic mass is 9.84. The molecule has 1 aliphatic carbocycles. The highest BCUT2D eigenvalue weighted by Crippen LogP contribution is 2.22. The van der Waals surface area contributed by atoms with Crippen molar-refractivity contribution in [2.24, 2.45) is 18.7 Å². The molecule has 2 rings (SSSR count). The van der Waals surface area contributed by atoms with Gasteiger partial charge in [-0.3, -0.25) is 4.79 Å². The van der Waals surface area contributed by atoms with Crippen molar-refractivity contribution in [2.75, 3.05) is 6.54 Å². The zero-order valence-electron chi connectivity index (χ0n) is 10.8. The number of aryl methyl sites for hydroxylation is 1. The molecule has 3 N–H and O–H groups in total. The average Bonchev–Trinajstić information content (AvgIpc) is 2.75. The van der Waals surface area contributed by atoms with Crippen LogP contribution in [0.2, 0.25) is 0 Å². The molecule has 2 unspecified atom stereocenters.